The molecule has 0 aromatic carbocycles. The highest BCUT2D eigenvalue weighted by molar-refractivity contribution is 7.92. The van der Waals surface area contributed by atoms with E-state index in [4.69, 9.17) is 23.2 Å². The Morgan fingerprint density at radius 1 is 1.44 bits per heavy atom. The molecule has 0 aliphatic rings. The van der Waals surface area contributed by atoms with Crippen molar-refractivity contribution in [2.45, 2.75) is 0 Å². The van der Waals surface area contributed by atoms with E-state index in [9.17, 15) is 8.42 Å². The van der Waals surface area contributed by atoms with Crippen molar-refractivity contribution in [2.75, 3.05) is 24.2 Å². The summed E-state index contributed by atoms with van der Waals surface area (Å²) in [6.07, 6.45) is 0. The summed E-state index contributed by atoms with van der Waals surface area (Å²) >= 11 is 11.1. The molecule has 0 atom stereocenters. The van der Waals surface area contributed by atoms with E-state index in [0.717, 1.165) is 0 Å². The van der Waals surface area contributed by atoms with Gasteiger partial charge in [0.25, 0.3) is 0 Å². The van der Waals surface area contributed by atoms with E-state index >= 15 is 0 Å². The highest BCUT2D eigenvalue weighted by Crippen LogP contribution is 2.15. The molecule has 0 unspecified atom stereocenters. The third kappa shape index (κ3) is 4.48. The van der Waals surface area contributed by atoms with E-state index in [1.165, 1.54) is 13.2 Å². The van der Waals surface area contributed by atoms with Gasteiger partial charge in [-0.15, -0.1) is 0 Å². The second-order valence-corrected chi connectivity index (χ2v) is 5.33. The van der Waals surface area contributed by atoms with Gasteiger partial charge in [-0.2, -0.15) is 4.98 Å². The molecule has 0 bridgehead atoms. The molecule has 9 heteroatoms. The number of rotatable bonds is 5. The Bertz CT molecular complexity index is 446. The van der Waals surface area contributed by atoms with Crippen LogP contribution in [0.3, 0.4) is 0 Å². The monoisotopic (exact) mass is 285 g/mol. The van der Waals surface area contributed by atoms with Crippen LogP contribution < -0.4 is 4.72 Å². The van der Waals surface area contributed by atoms with Crippen LogP contribution in [0.1, 0.15) is 0 Å². The zero-order valence-corrected chi connectivity index (χ0v) is 10.6. The van der Waals surface area contributed by atoms with Crippen molar-refractivity contribution in [3.05, 3.63) is 16.5 Å². The van der Waals surface area contributed by atoms with Gasteiger partial charge in [-0.3, -0.25) is 4.72 Å². The summed E-state index contributed by atoms with van der Waals surface area (Å²) in [6.45, 7) is 0.0852. The summed E-state index contributed by atoms with van der Waals surface area (Å²) in [6, 6.07) is 1.26. The smallest absolute Gasteiger partial charge is 0.236 e. The summed E-state index contributed by atoms with van der Waals surface area (Å²) < 4.78 is 29.8. The first-order chi connectivity index (χ1) is 7.43. The molecule has 0 aliphatic carbocycles. The summed E-state index contributed by atoms with van der Waals surface area (Å²) in [5.74, 6) is -0.149. The Kier molecular flexibility index (Phi) is 4.72. The topological polar surface area (TPSA) is 81.2 Å². The molecular weight excluding hydrogens is 277 g/mol. The number of nitrogens with one attached hydrogen (secondary N) is 1. The van der Waals surface area contributed by atoms with E-state index in [1.807, 2.05) is 0 Å². The summed E-state index contributed by atoms with van der Waals surface area (Å²) in [5.41, 5.74) is 0. The van der Waals surface area contributed by atoms with Crippen molar-refractivity contribution in [1.82, 2.24) is 9.97 Å². The van der Waals surface area contributed by atoms with Crippen LogP contribution >= 0.6 is 23.2 Å². The van der Waals surface area contributed by atoms with Crippen LogP contribution in [0.5, 0.6) is 0 Å². The van der Waals surface area contributed by atoms with Gasteiger partial charge in [0.15, 0.2) is 0 Å². The van der Waals surface area contributed by atoms with E-state index in [-0.39, 0.29) is 28.6 Å². The standard InChI is InChI=1S/C7H9Cl2N3O3S/c1-15-2-3-16(13,14)12-6-4-5(8)10-7(9)11-6/h4H,2-3H2,1H3,(H,10,11,12). The van der Waals surface area contributed by atoms with Gasteiger partial charge in [0, 0.05) is 13.2 Å². The zero-order chi connectivity index (χ0) is 12.2. The maximum Gasteiger partial charge on any atom is 0.236 e. The minimum absolute atomic E-state index is 0.0288. The van der Waals surface area contributed by atoms with Crippen molar-refractivity contribution in [2.24, 2.45) is 0 Å². The Hall–Kier alpha value is -0.630. The van der Waals surface area contributed by atoms with E-state index < -0.39 is 10.0 Å². The number of hydrogen-bond donors (Lipinski definition) is 1. The molecule has 0 amide bonds. The second-order valence-electron chi connectivity index (χ2n) is 2.76. The second kappa shape index (κ2) is 5.62. The van der Waals surface area contributed by atoms with Gasteiger partial charge in [-0.1, -0.05) is 11.6 Å². The number of sulfonamides is 1. The van der Waals surface area contributed by atoms with Crippen molar-refractivity contribution >= 4 is 39.0 Å². The average molecular weight is 286 g/mol. The van der Waals surface area contributed by atoms with E-state index in [2.05, 4.69) is 19.4 Å². The van der Waals surface area contributed by atoms with Gasteiger partial charge in [-0.05, 0) is 11.6 Å². The van der Waals surface area contributed by atoms with Gasteiger partial charge in [0.2, 0.25) is 15.3 Å². The average Bonchev–Trinajstić information content (AvgIpc) is 2.12. The largest absolute Gasteiger partial charge is 0.384 e. The highest BCUT2D eigenvalue weighted by atomic mass is 35.5. The van der Waals surface area contributed by atoms with Crippen LogP contribution in [0.15, 0.2) is 6.07 Å². The number of hydrogen-bond acceptors (Lipinski definition) is 5. The van der Waals surface area contributed by atoms with Crippen LogP contribution in [-0.2, 0) is 14.8 Å². The van der Waals surface area contributed by atoms with Crippen molar-refractivity contribution in [3.8, 4) is 0 Å². The maximum absolute atomic E-state index is 11.4. The lowest BCUT2D eigenvalue weighted by Gasteiger charge is -2.06. The fourth-order valence-electron chi connectivity index (χ4n) is 0.846. The molecule has 0 saturated heterocycles. The molecule has 0 radical (unpaired) electrons. The first-order valence-electron chi connectivity index (χ1n) is 4.12. The number of halogens is 2. The summed E-state index contributed by atoms with van der Waals surface area (Å²) in [4.78, 5) is 7.25. The third-order valence-corrected chi connectivity index (χ3v) is 3.07. The van der Waals surface area contributed by atoms with Gasteiger partial charge < -0.3 is 4.74 Å². The van der Waals surface area contributed by atoms with Crippen LogP contribution in [0.4, 0.5) is 5.82 Å². The number of ether oxygens (including phenoxy) is 1. The minimum Gasteiger partial charge on any atom is -0.384 e. The SMILES string of the molecule is COCCS(=O)(=O)Nc1cc(Cl)nc(Cl)n1. The van der Waals surface area contributed by atoms with Gasteiger partial charge in [0.05, 0.1) is 12.4 Å². The lowest BCUT2D eigenvalue weighted by Crippen LogP contribution is -2.20. The molecule has 0 aliphatic heterocycles. The molecule has 1 aromatic heterocycles. The Labute approximate surface area is 103 Å². The molecule has 1 heterocycles. The number of methoxy groups -OCH3 is 1. The molecule has 0 spiro atoms. The van der Waals surface area contributed by atoms with Gasteiger partial charge >= 0.3 is 0 Å². The lowest BCUT2D eigenvalue weighted by molar-refractivity contribution is 0.217. The quantitative estimate of drug-likeness (QED) is 0.649. The van der Waals surface area contributed by atoms with E-state index in [1.54, 1.807) is 0 Å². The normalized spacial score (nSPS) is 11.4. The Morgan fingerprint density at radius 3 is 2.69 bits per heavy atom. The van der Waals surface area contributed by atoms with Crippen molar-refractivity contribution in [3.63, 3.8) is 0 Å². The lowest BCUT2D eigenvalue weighted by atomic mass is 10.6. The van der Waals surface area contributed by atoms with Crippen LogP contribution in [-0.4, -0.2) is 37.9 Å². The van der Waals surface area contributed by atoms with Crippen LogP contribution in [0, 0.1) is 0 Å². The number of aromatic nitrogens is 2. The molecule has 0 saturated carbocycles. The van der Waals surface area contributed by atoms with Gasteiger partial charge in [0.1, 0.15) is 11.0 Å². The predicted octanol–water partition coefficient (Wildman–Crippen LogP) is 1.17. The Balaban J connectivity index is 2.80. The zero-order valence-electron chi connectivity index (χ0n) is 8.27. The molecule has 90 valence electrons. The summed E-state index contributed by atoms with van der Waals surface area (Å²) in [7, 11) is -2.10. The first kappa shape index (κ1) is 13.4. The molecular formula is C7H9Cl2N3O3S. The molecule has 1 rings (SSSR count). The van der Waals surface area contributed by atoms with Crippen molar-refractivity contribution in [1.29, 1.82) is 0 Å². The van der Waals surface area contributed by atoms with Crippen LogP contribution in [0.2, 0.25) is 10.4 Å². The summed E-state index contributed by atoms with van der Waals surface area (Å²) in [5, 5.41) is -0.0682. The number of anilines is 1. The minimum atomic E-state index is -3.51. The third-order valence-electron chi connectivity index (χ3n) is 1.48. The van der Waals surface area contributed by atoms with E-state index in [0.29, 0.717) is 0 Å². The fourth-order valence-corrected chi connectivity index (χ4v) is 2.17. The molecule has 1 aromatic rings. The first-order valence-corrected chi connectivity index (χ1v) is 6.53. The molecule has 0 fully saturated rings. The Morgan fingerprint density at radius 2 is 2.12 bits per heavy atom. The van der Waals surface area contributed by atoms with Crippen LogP contribution in [0.25, 0.3) is 0 Å². The van der Waals surface area contributed by atoms with Gasteiger partial charge in [-0.25, -0.2) is 13.4 Å². The molecule has 6 nitrogen and oxygen atoms in total. The highest BCUT2D eigenvalue weighted by Gasteiger charge is 2.12. The van der Waals surface area contributed by atoms with Crippen molar-refractivity contribution < 1.29 is 13.2 Å². The number of nitrogens with zero attached hydrogens (tertiary/aromatic N) is 2. The predicted molar refractivity (Wildman–Crippen MR) is 61.3 cm³/mol. The maximum atomic E-state index is 11.4. The molecule has 1 N–H and O–H groups in total. The fraction of sp³-hybridized carbons (Fsp3) is 0.429. The molecule has 16 heavy (non-hydrogen) atoms.